The van der Waals surface area contributed by atoms with Gasteiger partial charge in [0.2, 0.25) is 0 Å². The number of aryl methyl sites for hydroxylation is 1. The van der Waals surface area contributed by atoms with E-state index < -0.39 is 23.7 Å². The second-order valence-electron chi connectivity index (χ2n) is 7.22. The molecule has 1 saturated carbocycles. The number of nitrogens with one attached hydrogen (secondary N) is 1. The normalized spacial score (nSPS) is 15.2. The number of alkyl halides is 3. The van der Waals surface area contributed by atoms with Crippen molar-refractivity contribution >= 4 is 11.7 Å². The fraction of sp³-hybridized carbons (Fsp3) is 0.381. The lowest BCUT2D eigenvalue weighted by atomic mass is 10.0. The lowest BCUT2D eigenvalue weighted by Gasteiger charge is -2.17. The van der Waals surface area contributed by atoms with Crippen molar-refractivity contribution in [2.45, 2.75) is 45.3 Å². The molecule has 1 amide bonds. The lowest BCUT2D eigenvalue weighted by molar-refractivity contribution is -0.137. The molecule has 148 valence electrons. The summed E-state index contributed by atoms with van der Waals surface area (Å²) < 4.78 is 38.7. The monoisotopic (exact) mass is 390 g/mol. The summed E-state index contributed by atoms with van der Waals surface area (Å²) in [7, 11) is 0. The highest BCUT2D eigenvalue weighted by Gasteiger charge is 2.31. The molecule has 0 unspecified atom stereocenters. The maximum atomic E-state index is 12.9. The van der Waals surface area contributed by atoms with Crippen LogP contribution in [-0.2, 0) is 17.4 Å². The highest BCUT2D eigenvalue weighted by atomic mass is 19.4. The fourth-order valence-corrected chi connectivity index (χ4v) is 3.03. The summed E-state index contributed by atoms with van der Waals surface area (Å²) >= 11 is 0. The molecule has 0 saturated heterocycles. The van der Waals surface area contributed by atoms with Gasteiger partial charge in [0.1, 0.15) is 5.78 Å². The Hall–Kier alpha value is -2.70. The molecule has 1 aromatic heterocycles. The van der Waals surface area contributed by atoms with E-state index in [1.54, 1.807) is 26.0 Å². The van der Waals surface area contributed by atoms with Crippen LogP contribution < -0.4 is 5.32 Å². The van der Waals surface area contributed by atoms with Crippen LogP contribution in [0.1, 0.15) is 58.7 Å². The van der Waals surface area contributed by atoms with E-state index in [2.05, 4.69) is 10.3 Å². The Morgan fingerprint density at radius 3 is 2.57 bits per heavy atom. The summed E-state index contributed by atoms with van der Waals surface area (Å²) in [5.41, 5.74) is 1.08. The third kappa shape index (κ3) is 4.97. The number of benzene rings is 1. The molecule has 28 heavy (non-hydrogen) atoms. The molecular weight excluding hydrogens is 369 g/mol. The van der Waals surface area contributed by atoms with Crippen molar-refractivity contribution in [2.24, 2.45) is 5.92 Å². The van der Waals surface area contributed by atoms with Crippen LogP contribution in [0.5, 0.6) is 0 Å². The third-order valence-electron chi connectivity index (χ3n) is 4.72. The topological polar surface area (TPSA) is 59.1 Å². The highest BCUT2D eigenvalue weighted by Crippen LogP contribution is 2.31. The lowest BCUT2D eigenvalue weighted by Crippen LogP contribution is -2.27. The zero-order valence-electron chi connectivity index (χ0n) is 15.6. The first kappa shape index (κ1) is 20.0. The smallest absolute Gasteiger partial charge is 0.346 e. The van der Waals surface area contributed by atoms with Crippen molar-refractivity contribution in [2.75, 3.05) is 0 Å². The Labute approximate surface area is 161 Å². The Morgan fingerprint density at radius 2 is 1.93 bits per heavy atom. The van der Waals surface area contributed by atoms with Crippen LogP contribution in [0.3, 0.4) is 0 Å². The van der Waals surface area contributed by atoms with E-state index in [1.807, 2.05) is 0 Å². The average Bonchev–Trinajstić information content (AvgIpc) is 3.45. The van der Waals surface area contributed by atoms with Gasteiger partial charge in [-0.1, -0.05) is 12.1 Å². The van der Waals surface area contributed by atoms with E-state index in [9.17, 15) is 22.8 Å². The zero-order chi connectivity index (χ0) is 20.5. The number of carbonyl (C=O) groups excluding carboxylic acids is 2. The molecule has 1 fully saturated rings. The molecule has 0 spiro atoms. The Bertz CT molecular complexity index is 905. The minimum absolute atomic E-state index is 0.112. The van der Waals surface area contributed by atoms with E-state index in [0.29, 0.717) is 22.5 Å². The molecule has 1 heterocycles. The minimum atomic E-state index is -4.44. The van der Waals surface area contributed by atoms with Crippen molar-refractivity contribution in [1.29, 1.82) is 0 Å². The molecule has 1 aliphatic rings. The molecular formula is C21H21F3N2O2. The van der Waals surface area contributed by atoms with E-state index in [-0.39, 0.29) is 18.1 Å². The summed E-state index contributed by atoms with van der Waals surface area (Å²) in [5, 5.41) is 2.72. The number of carbonyl (C=O) groups is 2. The Morgan fingerprint density at radius 1 is 1.21 bits per heavy atom. The number of pyridine rings is 1. The number of rotatable bonds is 6. The molecule has 0 radical (unpaired) electrons. The first-order chi connectivity index (χ1) is 13.1. The van der Waals surface area contributed by atoms with Crippen LogP contribution in [0.15, 0.2) is 36.4 Å². The Kier molecular flexibility index (Phi) is 5.54. The number of ketones is 1. The summed E-state index contributed by atoms with van der Waals surface area (Å²) in [4.78, 5) is 28.9. The van der Waals surface area contributed by atoms with Crippen LogP contribution in [0.4, 0.5) is 13.2 Å². The molecule has 0 aliphatic heterocycles. The van der Waals surface area contributed by atoms with Gasteiger partial charge in [-0.05, 0) is 56.5 Å². The van der Waals surface area contributed by atoms with Crippen LogP contribution in [0.25, 0.3) is 0 Å². The van der Waals surface area contributed by atoms with Gasteiger partial charge in [0.05, 0.1) is 11.6 Å². The van der Waals surface area contributed by atoms with Crippen LogP contribution in [0, 0.1) is 12.8 Å². The van der Waals surface area contributed by atoms with Gasteiger partial charge in [-0.3, -0.25) is 14.6 Å². The number of Topliss-reactive ketones (excluding diaryl/α,β-unsaturated/α-hetero) is 1. The molecule has 3 rings (SSSR count). The molecule has 4 nitrogen and oxygen atoms in total. The number of amides is 1. The first-order valence-electron chi connectivity index (χ1n) is 9.12. The summed E-state index contributed by atoms with van der Waals surface area (Å²) in [6, 6.07) is 7.44. The van der Waals surface area contributed by atoms with Crippen LogP contribution in [-0.4, -0.2) is 16.7 Å². The van der Waals surface area contributed by atoms with Gasteiger partial charge in [0, 0.05) is 29.3 Å². The first-order valence-corrected chi connectivity index (χ1v) is 9.12. The van der Waals surface area contributed by atoms with Crippen molar-refractivity contribution in [1.82, 2.24) is 10.3 Å². The standard InChI is InChI=1S/C21H21F3N2O2/c1-12-8-16(10-18(25-12)11-19(27)14-6-7-14)20(28)26-13(2)15-4-3-5-17(9-15)21(22,23)24/h3-5,8-10,13-14H,6-7,11H2,1-2H3,(H,26,28)/t13-/m1/s1. The van der Waals surface area contributed by atoms with Crippen LogP contribution in [0.2, 0.25) is 0 Å². The van der Waals surface area contributed by atoms with Gasteiger partial charge >= 0.3 is 6.18 Å². The van der Waals surface area contributed by atoms with Gasteiger partial charge in [0.25, 0.3) is 5.91 Å². The quantitative estimate of drug-likeness (QED) is 0.794. The predicted octanol–water partition coefficient (Wildman–Crippen LogP) is 4.42. The van der Waals surface area contributed by atoms with E-state index in [4.69, 9.17) is 0 Å². The minimum Gasteiger partial charge on any atom is -0.346 e. The van der Waals surface area contributed by atoms with E-state index in [0.717, 1.165) is 25.0 Å². The zero-order valence-corrected chi connectivity index (χ0v) is 15.6. The largest absolute Gasteiger partial charge is 0.416 e. The van der Waals surface area contributed by atoms with Crippen molar-refractivity contribution in [3.8, 4) is 0 Å². The number of hydrogen-bond acceptors (Lipinski definition) is 3. The molecule has 2 aromatic rings. The van der Waals surface area contributed by atoms with Gasteiger partial charge < -0.3 is 5.32 Å². The fourth-order valence-electron chi connectivity index (χ4n) is 3.03. The van der Waals surface area contributed by atoms with E-state index >= 15 is 0 Å². The second-order valence-corrected chi connectivity index (χ2v) is 7.22. The number of hydrogen-bond donors (Lipinski definition) is 1. The Balaban J connectivity index is 1.73. The highest BCUT2D eigenvalue weighted by molar-refractivity contribution is 5.95. The summed E-state index contributed by atoms with van der Waals surface area (Å²) in [5.74, 6) is -0.183. The number of aromatic nitrogens is 1. The third-order valence-corrected chi connectivity index (χ3v) is 4.72. The molecule has 1 atom stereocenters. The van der Waals surface area contributed by atoms with E-state index in [1.165, 1.54) is 12.1 Å². The molecule has 1 aliphatic carbocycles. The predicted molar refractivity (Wildman–Crippen MR) is 97.7 cm³/mol. The van der Waals surface area contributed by atoms with Crippen molar-refractivity contribution in [3.63, 3.8) is 0 Å². The summed E-state index contributed by atoms with van der Waals surface area (Å²) in [6.07, 6.45) is -2.43. The van der Waals surface area contributed by atoms with Gasteiger partial charge in [-0.2, -0.15) is 13.2 Å². The number of nitrogens with zero attached hydrogens (tertiary/aromatic N) is 1. The average molecular weight is 390 g/mol. The molecule has 1 aromatic carbocycles. The maximum Gasteiger partial charge on any atom is 0.416 e. The maximum absolute atomic E-state index is 12.9. The SMILES string of the molecule is Cc1cc(C(=O)N[C@H](C)c2cccc(C(F)(F)F)c2)cc(CC(=O)C2CC2)n1. The van der Waals surface area contributed by atoms with Crippen LogP contribution >= 0.6 is 0 Å². The molecule has 7 heteroatoms. The molecule has 0 bridgehead atoms. The summed E-state index contributed by atoms with van der Waals surface area (Å²) in [6.45, 7) is 3.36. The van der Waals surface area contributed by atoms with Gasteiger partial charge in [0.15, 0.2) is 0 Å². The van der Waals surface area contributed by atoms with Gasteiger partial charge in [-0.15, -0.1) is 0 Å². The second kappa shape index (κ2) is 7.73. The molecule has 1 N–H and O–H groups in total. The van der Waals surface area contributed by atoms with Crippen molar-refractivity contribution < 1.29 is 22.8 Å². The van der Waals surface area contributed by atoms with Gasteiger partial charge in [-0.25, -0.2) is 0 Å². The number of halogens is 3. The van der Waals surface area contributed by atoms with Crippen molar-refractivity contribution in [3.05, 3.63) is 64.5 Å².